The molecule has 0 fully saturated rings. The summed E-state index contributed by atoms with van der Waals surface area (Å²) in [7, 11) is 0. The highest BCUT2D eigenvalue weighted by molar-refractivity contribution is 5.69. The minimum absolute atomic E-state index is 0.985. The van der Waals surface area contributed by atoms with Crippen LogP contribution in [0.2, 0.25) is 0 Å². The molecule has 2 heterocycles. The lowest BCUT2D eigenvalue weighted by Gasteiger charge is -2.05. The quantitative estimate of drug-likeness (QED) is 0.679. The molecule has 3 rings (SSSR count). The predicted octanol–water partition coefficient (Wildman–Crippen LogP) is 4.12. The lowest BCUT2D eigenvalue weighted by atomic mass is 10.0. The first-order valence-electron chi connectivity index (χ1n) is 6.27. The maximum atomic E-state index is 4.43. The van der Waals surface area contributed by atoms with Crippen LogP contribution in [0.15, 0.2) is 67.0 Å². The molecule has 0 saturated carbocycles. The largest absolute Gasteiger partial charge is 0.261 e. The van der Waals surface area contributed by atoms with E-state index in [0.29, 0.717) is 0 Å². The molecule has 2 nitrogen and oxygen atoms in total. The van der Waals surface area contributed by atoms with Crippen molar-refractivity contribution < 1.29 is 0 Å². The maximum Gasteiger partial charge on any atom is 0.0708 e. The fourth-order valence-corrected chi connectivity index (χ4v) is 2.02. The van der Waals surface area contributed by atoms with Crippen molar-refractivity contribution in [3.05, 3.63) is 72.7 Å². The van der Waals surface area contributed by atoms with E-state index >= 15 is 0 Å². The third-order valence-corrected chi connectivity index (χ3v) is 3.07. The zero-order valence-corrected chi connectivity index (χ0v) is 10.7. The average molecular weight is 246 g/mol. The molecule has 0 unspecified atom stereocenters. The highest BCUT2D eigenvalue weighted by Gasteiger charge is 2.02. The second-order valence-corrected chi connectivity index (χ2v) is 4.48. The normalized spacial score (nSPS) is 10.4. The highest BCUT2D eigenvalue weighted by atomic mass is 14.7. The van der Waals surface area contributed by atoms with E-state index in [9.17, 15) is 0 Å². The van der Waals surface area contributed by atoms with E-state index < -0.39 is 0 Å². The van der Waals surface area contributed by atoms with Crippen LogP contribution in [0, 0.1) is 6.92 Å². The first-order valence-corrected chi connectivity index (χ1v) is 6.27. The number of benzene rings is 1. The van der Waals surface area contributed by atoms with Crippen molar-refractivity contribution in [2.75, 3.05) is 0 Å². The smallest absolute Gasteiger partial charge is 0.0708 e. The summed E-state index contributed by atoms with van der Waals surface area (Å²) >= 11 is 0. The monoisotopic (exact) mass is 246 g/mol. The fourth-order valence-electron chi connectivity index (χ4n) is 2.02. The van der Waals surface area contributed by atoms with Gasteiger partial charge in [0.1, 0.15) is 0 Å². The minimum Gasteiger partial charge on any atom is -0.261 e. The second-order valence-electron chi connectivity index (χ2n) is 4.48. The van der Waals surface area contributed by atoms with Crippen LogP contribution in [0.1, 0.15) is 5.69 Å². The first kappa shape index (κ1) is 11.6. The van der Waals surface area contributed by atoms with Gasteiger partial charge in [0.2, 0.25) is 0 Å². The van der Waals surface area contributed by atoms with Crippen LogP contribution in [0.4, 0.5) is 0 Å². The number of aromatic nitrogens is 2. The van der Waals surface area contributed by atoms with Crippen molar-refractivity contribution in [1.82, 2.24) is 9.97 Å². The zero-order chi connectivity index (χ0) is 13.1. The number of hydrogen-bond acceptors (Lipinski definition) is 2. The number of hydrogen-bond donors (Lipinski definition) is 0. The van der Waals surface area contributed by atoms with E-state index in [1.165, 1.54) is 0 Å². The van der Waals surface area contributed by atoms with Crippen molar-refractivity contribution in [2.45, 2.75) is 6.92 Å². The minimum atomic E-state index is 0.985. The molecule has 1 aromatic carbocycles. The second kappa shape index (κ2) is 5.02. The Labute approximate surface area is 112 Å². The van der Waals surface area contributed by atoms with Gasteiger partial charge >= 0.3 is 0 Å². The fraction of sp³-hybridized carbons (Fsp3) is 0.0588. The number of pyridine rings is 2. The SMILES string of the molecule is Cc1ccc(-c2ccnc(-c3ccccc3)c2)cn1. The molecule has 92 valence electrons. The molecule has 0 bridgehead atoms. The highest BCUT2D eigenvalue weighted by Crippen LogP contribution is 2.23. The molecule has 19 heavy (non-hydrogen) atoms. The van der Waals surface area contributed by atoms with E-state index in [0.717, 1.165) is 28.1 Å². The summed E-state index contributed by atoms with van der Waals surface area (Å²) in [6.07, 6.45) is 3.75. The van der Waals surface area contributed by atoms with Crippen molar-refractivity contribution >= 4 is 0 Å². The molecule has 3 aromatic rings. The van der Waals surface area contributed by atoms with Gasteiger partial charge in [-0.3, -0.25) is 9.97 Å². The molecule has 0 saturated heterocycles. The molecular formula is C17H14N2. The summed E-state index contributed by atoms with van der Waals surface area (Å²) in [5.74, 6) is 0. The van der Waals surface area contributed by atoms with Crippen LogP contribution in [0.25, 0.3) is 22.4 Å². The maximum absolute atomic E-state index is 4.43. The van der Waals surface area contributed by atoms with Gasteiger partial charge in [0.25, 0.3) is 0 Å². The molecule has 2 aromatic heterocycles. The Morgan fingerprint density at radius 3 is 2.32 bits per heavy atom. The van der Waals surface area contributed by atoms with Gasteiger partial charge in [-0.05, 0) is 30.7 Å². The summed E-state index contributed by atoms with van der Waals surface area (Å²) in [6, 6.07) is 18.4. The lowest BCUT2D eigenvalue weighted by Crippen LogP contribution is -1.86. The Bertz CT molecular complexity index is 673. The van der Waals surface area contributed by atoms with E-state index in [4.69, 9.17) is 0 Å². The van der Waals surface area contributed by atoms with E-state index in [2.05, 4.69) is 34.2 Å². The molecule has 0 aliphatic carbocycles. The summed E-state index contributed by atoms with van der Waals surface area (Å²) in [5, 5.41) is 0. The molecule has 0 aliphatic heterocycles. The topological polar surface area (TPSA) is 25.8 Å². The molecule has 0 radical (unpaired) electrons. The summed E-state index contributed by atoms with van der Waals surface area (Å²) in [6.45, 7) is 1.99. The van der Waals surface area contributed by atoms with Crippen molar-refractivity contribution in [1.29, 1.82) is 0 Å². The molecule has 0 spiro atoms. The van der Waals surface area contributed by atoms with Crippen molar-refractivity contribution in [2.24, 2.45) is 0 Å². The van der Waals surface area contributed by atoms with Crippen LogP contribution >= 0.6 is 0 Å². The van der Waals surface area contributed by atoms with E-state index in [1.54, 1.807) is 0 Å². The number of aryl methyl sites for hydroxylation is 1. The molecule has 0 aliphatic rings. The Hall–Kier alpha value is -2.48. The summed E-state index contributed by atoms with van der Waals surface area (Å²) in [5.41, 5.74) is 5.40. The molecule has 0 atom stereocenters. The van der Waals surface area contributed by atoms with Crippen LogP contribution in [-0.4, -0.2) is 9.97 Å². The Morgan fingerprint density at radius 1 is 0.737 bits per heavy atom. The van der Waals surface area contributed by atoms with Crippen LogP contribution in [0.3, 0.4) is 0 Å². The van der Waals surface area contributed by atoms with Crippen LogP contribution in [-0.2, 0) is 0 Å². The number of rotatable bonds is 2. The van der Waals surface area contributed by atoms with Gasteiger partial charge in [-0.1, -0.05) is 36.4 Å². The predicted molar refractivity (Wildman–Crippen MR) is 77.6 cm³/mol. The zero-order valence-electron chi connectivity index (χ0n) is 10.7. The molecule has 0 amide bonds. The third kappa shape index (κ3) is 2.52. The summed E-state index contributed by atoms with van der Waals surface area (Å²) in [4.78, 5) is 8.77. The standard InChI is InChI=1S/C17H14N2/c1-13-7-8-16(12-19-13)15-9-10-18-17(11-15)14-5-3-2-4-6-14/h2-12H,1H3. The van der Waals surface area contributed by atoms with Gasteiger partial charge in [0, 0.05) is 29.2 Å². The Kier molecular flexibility index (Phi) is 3.07. The van der Waals surface area contributed by atoms with Gasteiger partial charge in [0.15, 0.2) is 0 Å². The van der Waals surface area contributed by atoms with Gasteiger partial charge in [-0.25, -0.2) is 0 Å². The molecular weight excluding hydrogens is 232 g/mol. The van der Waals surface area contributed by atoms with Crippen LogP contribution < -0.4 is 0 Å². The van der Waals surface area contributed by atoms with E-state index in [-0.39, 0.29) is 0 Å². The van der Waals surface area contributed by atoms with Gasteiger partial charge < -0.3 is 0 Å². The average Bonchev–Trinajstić information content (AvgIpc) is 2.49. The van der Waals surface area contributed by atoms with Gasteiger partial charge in [0.05, 0.1) is 5.69 Å². The Morgan fingerprint density at radius 2 is 1.58 bits per heavy atom. The first-order chi connectivity index (χ1) is 9.33. The van der Waals surface area contributed by atoms with Gasteiger partial charge in [-0.2, -0.15) is 0 Å². The molecule has 0 N–H and O–H groups in total. The van der Waals surface area contributed by atoms with Gasteiger partial charge in [-0.15, -0.1) is 0 Å². The lowest BCUT2D eigenvalue weighted by molar-refractivity contribution is 1.20. The van der Waals surface area contributed by atoms with Crippen molar-refractivity contribution in [3.8, 4) is 22.4 Å². The summed E-state index contributed by atoms with van der Waals surface area (Å²) < 4.78 is 0. The van der Waals surface area contributed by atoms with E-state index in [1.807, 2.05) is 49.6 Å². The third-order valence-electron chi connectivity index (χ3n) is 3.07. The van der Waals surface area contributed by atoms with Crippen molar-refractivity contribution in [3.63, 3.8) is 0 Å². The molecule has 2 heteroatoms. The Balaban J connectivity index is 2.03. The van der Waals surface area contributed by atoms with Crippen LogP contribution in [0.5, 0.6) is 0 Å². The number of nitrogens with zero attached hydrogens (tertiary/aromatic N) is 2.